The molecule has 18 heavy (non-hydrogen) atoms. The molecular weight excluding hydrogens is 254 g/mol. The van der Waals surface area contributed by atoms with Gasteiger partial charge in [0.05, 0.1) is 6.10 Å². The summed E-state index contributed by atoms with van der Waals surface area (Å²) >= 11 is 5.81. The molecule has 102 valence electrons. The molecule has 0 spiro atoms. The normalized spacial score (nSPS) is 12.2. The molecule has 0 saturated carbocycles. The first-order valence-corrected chi connectivity index (χ1v) is 6.57. The second-order valence-electron chi connectivity index (χ2n) is 4.10. The maximum absolute atomic E-state index is 9.13. The van der Waals surface area contributed by atoms with E-state index in [0.717, 1.165) is 25.8 Å². The van der Waals surface area contributed by atoms with E-state index >= 15 is 0 Å². The minimum absolute atomic E-state index is 0.168. The van der Waals surface area contributed by atoms with Crippen LogP contribution in [0.25, 0.3) is 0 Å². The van der Waals surface area contributed by atoms with Gasteiger partial charge in [0.2, 0.25) is 17.2 Å². The first kappa shape index (κ1) is 14.9. The number of aliphatic hydroxyl groups is 1. The third-order valence-corrected chi connectivity index (χ3v) is 2.39. The Balaban J connectivity index is 2.46. The number of hydrogen-bond acceptors (Lipinski definition) is 6. The first-order valence-electron chi connectivity index (χ1n) is 6.19. The summed E-state index contributed by atoms with van der Waals surface area (Å²) in [6.07, 6.45) is 2.29. The van der Waals surface area contributed by atoms with E-state index in [1.165, 1.54) is 0 Å². The van der Waals surface area contributed by atoms with Gasteiger partial charge in [-0.2, -0.15) is 15.0 Å². The predicted molar refractivity (Wildman–Crippen MR) is 73.0 cm³/mol. The molecule has 0 fully saturated rings. The van der Waals surface area contributed by atoms with Crippen molar-refractivity contribution in [3.05, 3.63) is 5.28 Å². The summed E-state index contributed by atoms with van der Waals surface area (Å²) in [6, 6.07) is 0. The fourth-order valence-corrected chi connectivity index (χ4v) is 1.50. The van der Waals surface area contributed by atoms with Crippen LogP contribution in [0.15, 0.2) is 0 Å². The molecule has 0 amide bonds. The van der Waals surface area contributed by atoms with E-state index in [1.807, 2.05) is 0 Å². The highest BCUT2D eigenvalue weighted by Gasteiger charge is 2.04. The third-order valence-electron chi connectivity index (χ3n) is 2.22. The van der Waals surface area contributed by atoms with E-state index in [2.05, 4.69) is 32.5 Å². The van der Waals surface area contributed by atoms with Crippen LogP contribution >= 0.6 is 11.6 Å². The molecule has 0 aromatic carbocycles. The van der Waals surface area contributed by atoms with Crippen molar-refractivity contribution in [2.24, 2.45) is 0 Å². The van der Waals surface area contributed by atoms with Gasteiger partial charge in [-0.25, -0.2) is 0 Å². The lowest BCUT2D eigenvalue weighted by Crippen LogP contribution is -2.11. The average molecular weight is 274 g/mol. The Morgan fingerprint density at radius 1 is 1.17 bits per heavy atom. The minimum Gasteiger partial charge on any atom is -0.393 e. The molecule has 0 aliphatic rings. The van der Waals surface area contributed by atoms with E-state index in [4.69, 9.17) is 16.7 Å². The quantitative estimate of drug-likeness (QED) is 0.628. The van der Waals surface area contributed by atoms with Crippen LogP contribution in [0.3, 0.4) is 0 Å². The third kappa shape index (κ3) is 5.97. The molecule has 1 atom stereocenters. The lowest BCUT2D eigenvalue weighted by atomic mass is 10.2. The van der Waals surface area contributed by atoms with Crippen LogP contribution < -0.4 is 10.6 Å². The highest BCUT2D eigenvalue weighted by Crippen LogP contribution is 2.09. The number of halogens is 1. The predicted octanol–water partition coefficient (Wildman–Crippen LogP) is 1.92. The number of hydrogen-bond donors (Lipinski definition) is 3. The van der Waals surface area contributed by atoms with Crippen molar-refractivity contribution in [2.45, 2.75) is 39.2 Å². The Morgan fingerprint density at radius 2 is 1.78 bits per heavy atom. The standard InChI is InChI=1S/C11H20ClN5O/c1-3-6-13-10-15-9(12)16-11(17-10)14-7-4-5-8(2)18/h8,18H,3-7H2,1-2H3,(H2,13,14,15,16,17). The van der Waals surface area contributed by atoms with E-state index in [9.17, 15) is 0 Å². The maximum Gasteiger partial charge on any atom is 0.228 e. The Morgan fingerprint density at radius 3 is 2.33 bits per heavy atom. The van der Waals surface area contributed by atoms with Crippen LogP contribution in [0, 0.1) is 0 Å². The summed E-state index contributed by atoms with van der Waals surface area (Å²) in [6.45, 7) is 5.32. The molecule has 7 heteroatoms. The first-order chi connectivity index (χ1) is 8.61. The van der Waals surface area contributed by atoms with E-state index < -0.39 is 0 Å². The zero-order valence-corrected chi connectivity index (χ0v) is 11.5. The second kappa shape index (κ2) is 8.05. The molecule has 0 aliphatic heterocycles. The highest BCUT2D eigenvalue weighted by atomic mass is 35.5. The van der Waals surface area contributed by atoms with Gasteiger partial charge >= 0.3 is 0 Å². The zero-order valence-electron chi connectivity index (χ0n) is 10.8. The van der Waals surface area contributed by atoms with Crippen molar-refractivity contribution >= 4 is 23.5 Å². The molecule has 1 unspecified atom stereocenters. The molecule has 1 aromatic heterocycles. The highest BCUT2D eigenvalue weighted by molar-refractivity contribution is 6.28. The van der Waals surface area contributed by atoms with Crippen molar-refractivity contribution in [3.8, 4) is 0 Å². The molecule has 6 nitrogen and oxygen atoms in total. The van der Waals surface area contributed by atoms with Gasteiger partial charge in [-0.15, -0.1) is 0 Å². The van der Waals surface area contributed by atoms with Gasteiger partial charge in [0.25, 0.3) is 0 Å². The lowest BCUT2D eigenvalue weighted by molar-refractivity contribution is 0.183. The molecular formula is C11H20ClN5O. The summed E-state index contributed by atoms with van der Waals surface area (Å²) < 4.78 is 0. The summed E-state index contributed by atoms with van der Waals surface area (Å²) in [5.41, 5.74) is 0. The zero-order chi connectivity index (χ0) is 13.4. The van der Waals surface area contributed by atoms with Crippen molar-refractivity contribution in [2.75, 3.05) is 23.7 Å². The van der Waals surface area contributed by atoms with Crippen LogP contribution in [-0.2, 0) is 0 Å². The second-order valence-corrected chi connectivity index (χ2v) is 4.43. The number of nitrogens with one attached hydrogen (secondary N) is 2. The number of nitrogens with zero attached hydrogens (tertiary/aromatic N) is 3. The van der Waals surface area contributed by atoms with Crippen LogP contribution in [0.1, 0.15) is 33.1 Å². The Hall–Kier alpha value is -1.14. The van der Waals surface area contributed by atoms with Crippen LogP contribution in [0.4, 0.5) is 11.9 Å². The van der Waals surface area contributed by atoms with Gasteiger partial charge in [0, 0.05) is 13.1 Å². The smallest absolute Gasteiger partial charge is 0.228 e. The average Bonchev–Trinajstić information content (AvgIpc) is 2.31. The molecule has 0 radical (unpaired) electrons. The molecule has 0 bridgehead atoms. The maximum atomic E-state index is 9.13. The largest absolute Gasteiger partial charge is 0.393 e. The number of aromatic nitrogens is 3. The van der Waals surface area contributed by atoms with Crippen LogP contribution in [0.2, 0.25) is 5.28 Å². The molecule has 0 saturated heterocycles. The number of anilines is 2. The van der Waals surface area contributed by atoms with Gasteiger partial charge in [0.15, 0.2) is 0 Å². The molecule has 3 N–H and O–H groups in total. The molecule has 1 aromatic rings. The summed E-state index contributed by atoms with van der Waals surface area (Å²) in [5, 5.41) is 15.4. The summed E-state index contributed by atoms with van der Waals surface area (Å²) in [7, 11) is 0. The molecule has 1 heterocycles. The fourth-order valence-electron chi connectivity index (χ4n) is 1.34. The SMILES string of the molecule is CCCNc1nc(Cl)nc(NCCCC(C)O)n1. The van der Waals surface area contributed by atoms with Crippen molar-refractivity contribution in [1.29, 1.82) is 0 Å². The van der Waals surface area contributed by atoms with Gasteiger partial charge in [-0.05, 0) is 37.8 Å². The Kier molecular flexibility index (Phi) is 6.67. The topological polar surface area (TPSA) is 83.0 Å². The summed E-state index contributed by atoms with van der Waals surface area (Å²) in [4.78, 5) is 12.2. The van der Waals surface area contributed by atoms with E-state index in [1.54, 1.807) is 6.92 Å². The van der Waals surface area contributed by atoms with E-state index in [-0.39, 0.29) is 11.4 Å². The monoisotopic (exact) mass is 273 g/mol. The Bertz CT molecular complexity index is 361. The summed E-state index contributed by atoms with van der Waals surface area (Å²) in [5.74, 6) is 0.939. The van der Waals surface area contributed by atoms with Crippen LogP contribution in [0.5, 0.6) is 0 Å². The van der Waals surface area contributed by atoms with Crippen molar-refractivity contribution in [3.63, 3.8) is 0 Å². The van der Waals surface area contributed by atoms with Gasteiger partial charge in [-0.3, -0.25) is 0 Å². The fraction of sp³-hybridized carbons (Fsp3) is 0.727. The van der Waals surface area contributed by atoms with Gasteiger partial charge in [0.1, 0.15) is 0 Å². The number of aliphatic hydroxyl groups excluding tert-OH is 1. The number of rotatable bonds is 8. The minimum atomic E-state index is -0.282. The molecule has 0 aliphatic carbocycles. The molecule has 1 rings (SSSR count). The van der Waals surface area contributed by atoms with E-state index in [0.29, 0.717) is 18.4 Å². The van der Waals surface area contributed by atoms with Gasteiger partial charge < -0.3 is 15.7 Å². The lowest BCUT2D eigenvalue weighted by Gasteiger charge is -2.08. The Labute approximate surface area is 112 Å². The van der Waals surface area contributed by atoms with Crippen molar-refractivity contribution in [1.82, 2.24) is 15.0 Å². The van der Waals surface area contributed by atoms with Crippen LogP contribution in [-0.4, -0.2) is 39.3 Å². The van der Waals surface area contributed by atoms with Crippen molar-refractivity contribution < 1.29 is 5.11 Å². The van der Waals surface area contributed by atoms with Gasteiger partial charge in [-0.1, -0.05) is 6.92 Å².